The monoisotopic (exact) mass is 353 g/mol. The maximum Gasteiger partial charge on any atom is 0.355 e. The van der Waals surface area contributed by atoms with Crippen LogP contribution in [0.5, 0.6) is 0 Å². The van der Waals surface area contributed by atoms with E-state index in [4.69, 9.17) is 9.47 Å². The highest BCUT2D eigenvalue weighted by atomic mass is 16.5. The number of hydrogen-bond donors (Lipinski definition) is 0. The fourth-order valence-corrected chi connectivity index (χ4v) is 2.74. The van der Waals surface area contributed by atoms with E-state index in [0.29, 0.717) is 32.5 Å². The van der Waals surface area contributed by atoms with E-state index in [0.717, 1.165) is 5.01 Å². The van der Waals surface area contributed by atoms with Crippen molar-refractivity contribution in [3.63, 3.8) is 0 Å². The molecule has 9 nitrogen and oxygen atoms in total. The first-order valence-electron chi connectivity index (χ1n) is 8.38. The van der Waals surface area contributed by atoms with Crippen LogP contribution >= 0.6 is 0 Å². The number of esters is 2. The molecule has 2 heterocycles. The maximum absolute atomic E-state index is 12.1. The molecule has 2 amide bonds. The number of hydrazone groups is 1. The van der Waals surface area contributed by atoms with Crippen LogP contribution in [-0.4, -0.2) is 72.7 Å². The molecule has 0 aliphatic carbocycles. The van der Waals surface area contributed by atoms with Gasteiger partial charge in [0.1, 0.15) is 5.71 Å². The fourth-order valence-electron chi connectivity index (χ4n) is 2.74. The first-order chi connectivity index (χ1) is 11.9. The highest BCUT2D eigenvalue weighted by Crippen LogP contribution is 2.19. The van der Waals surface area contributed by atoms with Crippen molar-refractivity contribution >= 4 is 29.5 Å². The lowest BCUT2D eigenvalue weighted by atomic mass is 9.97. The zero-order chi connectivity index (χ0) is 18.4. The molecule has 1 fully saturated rings. The molecule has 0 atom stereocenters. The number of amides is 2. The zero-order valence-electron chi connectivity index (χ0n) is 14.5. The smallest absolute Gasteiger partial charge is 0.355 e. The summed E-state index contributed by atoms with van der Waals surface area (Å²) < 4.78 is 9.99. The Morgan fingerprint density at radius 1 is 1.16 bits per heavy atom. The molecule has 2 aliphatic rings. The van der Waals surface area contributed by atoms with Gasteiger partial charge in [-0.3, -0.25) is 14.4 Å². The Hall–Kier alpha value is -2.45. The van der Waals surface area contributed by atoms with E-state index < -0.39 is 5.97 Å². The number of likely N-dealkylation sites (tertiary alicyclic amines) is 1. The van der Waals surface area contributed by atoms with Crippen LogP contribution in [0.1, 0.15) is 32.6 Å². The maximum atomic E-state index is 12.1. The molecule has 0 bridgehead atoms. The third-order valence-electron chi connectivity index (χ3n) is 4.24. The molecule has 0 aromatic rings. The van der Waals surface area contributed by atoms with Gasteiger partial charge in [-0.15, -0.1) is 0 Å². The molecule has 0 spiro atoms. The van der Waals surface area contributed by atoms with Crippen LogP contribution in [0, 0.1) is 5.92 Å². The van der Waals surface area contributed by atoms with E-state index in [1.807, 2.05) is 0 Å². The second-order valence-corrected chi connectivity index (χ2v) is 5.95. The summed E-state index contributed by atoms with van der Waals surface area (Å²) in [4.78, 5) is 48.6. The summed E-state index contributed by atoms with van der Waals surface area (Å²) in [7, 11) is 1.47. The topological polar surface area (TPSA) is 106 Å². The number of piperidine rings is 1. The van der Waals surface area contributed by atoms with Gasteiger partial charge in [0.15, 0.2) is 6.61 Å². The normalized spacial score (nSPS) is 18.6. The van der Waals surface area contributed by atoms with Gasteiger partial charge in [0.05, 0.1) is 12.5 Å². The fraction of sp³-hybridized carbons (Fsp3) is 0.688. The predicted molar refractivity (Wildman–Crippen MR) is 86.3 cm³/mol. The predicted octanol–water partition coefficient (Wildman–Crippen LogP) is -0.0605. The molecule has 0 radical (unpaired) electrons. The van der Waals surface area contributed by atoms with Gasteiger partial charge in [-0.25, -0.2) is 9.80 Å². The Morgan fingerprint density at radius 3 is 2.44 bits per heavy atom. The van der Waals surface area contributed by atoms with Crippen LogP contribution < -0.4 is 0 Å². The molecule has 0 aromatic carbocycles. The van der Waals surface area contributed by atoms with Gasteiger partial charge in [0, 0.05) is 33.0 Å². The van der Waals surface area contributed by atoms with Crippen LogP contribution in [0.3, 0.4) is 0 Å². The summed E-state index contributed by atoms with van der Waals surface area (Å²) in [6.07, 6.45) is 1.48. The van der Waals surface area contributed by atoms with Gasteiger partial charge < -0.3 is 14.4 Å². The highest BCUT2D eigenvalue weighted by Gasteiger charge is 2.29. The average molecular weight is 353 g/mol. The van der Waals surface area contributed by atoms with Crippen molar-refractivity contribution in [3.05, 3.63) is 0 Å². The summed E-state index contributed by atoms with van der Waals surface area (Å²) in [6.45, 7) is 2.59. The third kappa shape index (κ3) is 5.01. The van der Waals surface area contributed by atoms with E-state index in [1.165, 1.54) is 7.05 Å². The lowest BCUT2D eigenvalue weighted by Crippen LogP contribution is -2.43. The van der Waals surface area contributed by atoms with Crippen molar-refractivity contribution < 1.29 is 28.7 Å². The second-order valence-electron chi connectivity index (χ2n) is 5.95. The number of ether oxygens (including phenoxy) is 2. The quantitative estimate of drug-likeness (QED) is 0.641. The second kappa shape index (κ2) is 8.59. The van der Waals surface area contributed by atoms with Crippen molar-refractivity contribution in [1.29, 1.82) is 0 Å². The minimum atomic E-state index is -0.686. The summed E-state index contributed by atoms with van der Waals surface area (Å²) in [6, 6.07) is 0. The van der Waals surface area contributed by atoms with E-state index in [1.54, 1.807) is 11.8 Å². The van der Waals surface area contributed by atoms with Gasteiger partial charge in [0.2, 0.25) is 5.91 Å². The lowest BCUT2D eigenvalue weighted by Gasteiger charge is -2.30. The van der Waals surface area contributed by atoms with E-state index in [9.17, 15) is 19.2 Å². The molecule has 9 heteroatoms. The van der Waals surface area contributed by atoms with Crippen molar-refractivity contribution in [2.45, 2.75) is 32.6 Å². The average Bonchev–Trinajstić information content (AvgIpc) is 2.62. The summed E-state index contributed by atoms with van der Waals surface area (Å²) in [5, 5.41) is 4.95. The molecule has 1 saturated heterocycles. The van der Waals surface area contributed by atoms with Crippen molar-refractivity contribution in [3.8, 4) is 0 Å². The molecular formula is C16H23N3O6. The van der Waals surface area contributed by atoms with Crippen LogP contribution in [0.2, 0.25) is 0 Å². The molecule has 2 aliphatic heterocycles. The Labute approximate surface area is 145 Å². The van der Waals surface area contributed by atoms with E-state index in [2.05, 4.69) is 5.10 Å². The summed E-state index contributed by atoms with van der Waals surface area (Å²) in [5.41, 5.74) is 0.135. The Bertz CT molecular complexity index is 580. The zero-order valence-corrected chi connectivity index (χ0v) is 14.5. The standard InChI is InChI=1S/C16H23N3O6/c1-3-24-15(22)11-6-8-19(9-7-11)14(21)10-25-16(23)12-4-5-13(20)18(2)17-12/h11H,3-10H2,1-2H3. The van der Waals surface area contributed by atoms with Crippen LogP contribution in [-0.2, 0) is 28.7 Å². The van der Waals surface area contributed by atoms with Crippen LogP contribution in [0.25, 0.3) is 0 Å². The minimum Gasteiger partial charge on any atom is -0.466 e. The Morgan fingerprint density at radius 2 is 1.84 bits per heavy atom. The number of hydrogen-bond acceptors (Lipinski definition) is 7. The molecule has 0 N–H and O–H groups in total. The van der Waals surface area contributed by atoms with E-state index in [-0.39, 0.29) is 48.9 Å². The highest BCUT2D eigenvalue weighted by molar-refractivity contribution is 6.37. The van der Waals surface area contributed by atoms with Crippen LogP contribution in [0.15, 0.2) is 5.10 Å². The Kier molecular flexibility index (Phi) is 6.49. The SMILES string of the molecule is CCOC(=O)C1CCN(C(=O)COC(=O)C2=NN(C)C(=O)CC2)CC1. The minimum absolute atomic E-state index is 0.135. The molecule has 0 saturated carbocycles. The first kappa shape index (κ1) is 18.9. The Balaban J connectivity index is 1.76. The summed E-state index contributed by atoms with van der Waals surface area (Å²) >= 11 is 0. The van der Waals surface area contributed by atoms with Gasteiger partial charge >= 0.3 is 11.9 Å². The van der Waals surface area contributed by atoms with Crippen molar-refractivity contribution in [2.24, 2.45) is 11.0 Å². The summed E-state index contributed by atoms with van der Waals surface area (Å²) in [5.74, 6) is -1.58. The number of carbonyl (C=O) groups excluding carboxylic acids is 4. The third-order valence-corrected chi connectivity index (χ3v) is 4.24. The van der Waals surface area contributed by atoms with Gasteiger partial charge in [-0.1, -0.05) is 0 Å². The van der Waals surface area contributed by atoms with Gasteiger partial charge in [0.25, 0.3) is 5.91 Å². The first-order valence-corrected chi connectivity index (χ1v) is 8.38. The van der Waals surface area contributed by atoms with E-state index >= 15 is 0 Å². The van der Waals surface area contributed by atoms with Crippen LogP contribution in [0.4, 0.5) is 0 Å². The van der Waals surface area contributed by atoms with Crippen molar-refractivity contribution in [1.82, 2.24) is 9.91 Å². The molecule has 0 unspecified atom stereocenters. The molecule has 138 valence electrons. The molecular weight excluding hydrogens is 330 g/mol. The van der Waals surface area contributed by atoms with Crippen molar-refractivity contribution in [2.75, 3.05) is 33.4 Å². The number of rotatable bonds is 5. The lowest BCUT2D eigenvalue weighted by molar-refractivity contribution is -0.153. The molecule has 25 heavy (non-hydrogen) atoms. The molecule has 0 aromatic heterocycles. The molecule has 2 rings (SSSR count). The number of nitrogens with zero attached hydrogens (tertiary/aromatic N) is 3. The number of carbonyl (C=O) groups is 4. The largest absolute Gasteiger partial charge is 0.466 e. The van der Waals surface area contributed by atoms with Gasteiger partial charge in [-0.2, -0.15) is 5.10 Å². The van der Waals surface area contributed by atoms with Gasteiger partial charge in [-0.05, 0) is 19.8 Å².